The molecule has 0 radical (unpaired) electrons. The van der Waals surface area contributed by atoms with Crippen LogP contribution >= 0.6 is 0 Å². The number of amides is 2. The number of nitrogens with one attached hydrogen (secondary N) is 1. The summed E-state index contributed by atoms with van der Waals surface area (Å²) in [6.45, 7) is 4.20. The van der Waals surface area contributed by atoms with Crippen LogP contribution in [0.1, 0.15) is 50.1 Å². The van der Waals surface area contributed by atoms with Crippen molar-refractivity contribution in [3.8, 4) is 5.75 Å². The van der Waals surface area contributed by atoms with E-state index in [0.29, 0.717) is 12.5 Å². The standard InChI is InChI=1S/C23H33N3O3/c1-29-20-6-4-5-19(15-20)21(25-11-2-3-12-25)16-24-22(27)17-9-13-26(14-10-17)23(28)18-7-8-18/h4-6,15,17-18,21H,2-3,7-14,16H2,1H3,(H,24,27). The summed E-state index contributed by atoms with van der Waals surface area (Å²) in [6, 6.07) is 8.36. The molecule has 1 saturated carbocycles. The largest absolute Gasteiger partial charge is 0.497 e. The van der Waals surface area contributed by atoms with Crippen LogP contribution in [0.3, 0.4) is 0 Å². The molecule has 6 nitrogen and oxygen atoms in total. The summed E-state index contributed by atoms with van der Waals surface area (Å²) >= 11 is 0. The Balaban J connectivity index is 1.33. The van der Waals surface area contributed by atoms with Crippen LogP contribution in [-0.4, -0.2) is 61.4 Å². The van der Waals surface area contributed by atoms with Crippen molar-refractivity contribution in [2.45, 2.75) is 44.6 Å². The molecule has 1 atom stereocenters. The molecule has 0 bridgehead atoms. The van der Waals surface area contributed by atoms with E-state index in [2.05, 4.69) is 22.3 Å². The van der Waals surface area contributed by atoms with Gasteiger partial charge in [-0.25, -0.2) is 0 Å². The molecule has 1 N–H and O–H groups in total. The summed E-state index contributed by atoms with van der Waals surface area (Å²) < 4.78 is 5.40. The van der Waals surface area contributed by atoms with Gasteiger partial charge in [0.25, 0.3) is 0 Å². The molecule has 2 aliphatic heterocycles. The lowest BCUT2D eigenvalue weighted by Crippen LogP contribution is -2.45. The molecule has 1 unspecified atom stereocenters. The molecule has 1 aromatic carbocycles. The molecule has 1 aliphatic carbocycles. The third kappa shape index (κ3) is 4.92. The molecular formula is C23H33N3O3. The van der Waals surface area contributed by atoms with E-state index < -0.39 is 0 Å². The van der Waals surface area contributed by atoms with Crippen LogP contribution in [0.15, 0.2) is 24.3 Å². The SMILES string of the molecule is COc1cccc(C(CNC(=O)C2CCN(C(=O)C3CC3)CC2)N2CCCC2)c1. The van der Waals surface area contributed by atoms with Crippen LogP contribution in [0.25, 0.3) is 0 Å². The van der Waals surface area contributed by atoms with Crippen molar-refractivity contribution in [1.29, 1.82) is 0 Å². The second-order valence-electron chi connectivity index (χ2n) is 8.65. The van der Waals surface area contributed by atoms with Gasteiger partial charge in [-0.2, -0.15) is 0 Å². The zero-order valence-corrected chi connectivity index (χ0v) is 17.4. The maximum Gasteiger partial charge on any atom is 0.225 e. The number of likely N-dealkylation sites (tertiary alicyclic amines) is 2. The minimum Gasteiger partial charge on any atom is -0.497 e. The summed E-state index contributed by atoms with van der Waals surface area (Å²) in [7, 11) is 1.69. The molecule has 0 aromatic heterocycles. The van der Waals surface area contributed by atoms with Crippen LogP contribution in [0.4, 0.5) is 0 Å². The molecule has 0 spiro atoms. The van der Waals surface area contributed by atoms with E-state index >= 15 is 0 Å². The molecule has 2 amide bonds. The monoisotopic (exact) mass is 399 g/mol. The minimum atomic E-state index is 0.0165. The molecule has 29 heavy (non-hydrogen) atoms. The average molecular weight is 400 g/mol. The minimum absolute atomic E-state index is 0.0165. The van der Waals surface area contributed by atoms with Crippen LogP contribution in [0, 0.1) is 11.8 Å². The van der Waals surface area contributed by atoms with Crippen molar-refractivity contribution in [2.75, 3.05) is 39.8 Å². The van der Waals surface area contributed by atoms with E-state index in [0.717, 1.165) is 57.6 Å². The number of hydrogen-bond donors (Lipinski definition) is 1. The molecular weight excluding hydrogens is 366 g/mol. The van der Waals surface area contributed by atoms with Crippen molar-refractivity contribution in [1.82, 2.24) is 15.1 Å². The van der Waals surface area contributed by atoms with E-state index in [9.17, 15) is 9.59 Å². The third-order valence-electron chi connectivity index (χ3n) is 6.63. The van der Waals surface area contributed by atoms with Gasteiger partial charge in [-0.05, 0) is 69.3 Å². The Kier molecular flexibility index (Phi) is 6.38. The first kappa shape index (κ1) is 20.2. The number of carbonyl (C=O) groups excluding carboxylic acids is 2. The predicted molar refractivity (Wildman–Crippen MR) is 112 cm³/mol. The summed E-state index contributed by atoms with van der Waals surface area (Å²) in [4.78, 5) is 29.5. The third-order valence-corrected chi connectivity index (χ3v) is 6.63. The van der Waals surface area contributed by atoms with Crippen LogP contribution < -0.4 is 10.1 Å². The van der Waals surface area contributed by atoms with Gasteiger partial charge in [0, 0.05) is 31.5 Å². The summed E-state index contributed by atoms with van der Waals surface area (Å²) in [5, 5.41) is 3.22. The van der Waals surface area contributed by atoms with Crippen molar-refractivity contribution >= 4 is 11.8 Å². The second kappa shape index (κ2) is 9.16. The van der Waals surface area contributed by atoms with Gasteiger partial charge < -0.3 is 15.0 Å². The Morgan fingerprint density at radius 2 is 1.79 bits per heavy atom. The zero-order chi connectivity index (χ0) is 20.2. The van der Waals surface area contributed by atoms with Gasteiger partial charge in [0.2, 0.25) is 11.8 Å². The number of rotatable bonds is 7. The molecule has 1 aromatic rings. The first-order valence-corrected chi connectivity index (χ1v) is 11.1. The lowest BCUT2D eigenvalue weighted by molar-refractivity contribution is -0.136. The van der Waals surface area contributed by atoms with Gasteiger partial charge in [-0.3, -0.25) is 14.5 Å². The topological polar surface area (TPSA) is 61.9 Å². The van der Waals surface area contributed by atoms with E-state index in [1.807, 2.05) is 17.0 Å². The van der Waals surface area contributed by atoms with Crippen molar-refractivity contribution in [3.63, 3.8) is 0 Å². The molecule has 158 valence electrons. The Bertz CT molecular complexity index is 720. The van der Waals surface area contributed by atoms with Gasteiger partial charge in [-0.15, -0.1) is 0 Å². The maximum atomic E-state index is 12.8. The molecule has 2 saturated heterocycles. The number of carbonyl (C=O) groups is 2. The Morgan fingerprint density at radius 1 is 1.07 bits per heavy atom. The quantitative estimate of drug-likeness (QED) is 0.766. The lowest BCUT2D eigenvalue weighted by atomic mass is 9.95. The Labute approximate surface area is 173 Å². The fourth-order valence-corrected chi connectivity index (χ4v) is 4.65. The van der Waals surface area contributed by atoms with Crippen LogP contribution in [0.5, 0.6) is 5.75 Å². The first-order valence-electron chi connectivity index (χ1n) is 11.1. The molecule has 6 heteroatoms. The van der Waals surface area contributed by atoms with Gasteiger partial charge in [0.05, 0.1) is 13.2 Å². The highest BCUT2D eigenvalue weighted by Gasteiger charge is 2.36. The predicted octanol–water partition coefficient (Wildman–Crippen LogP) is 2.60. The van der Waals surface area contributed by atoms with Crippen molar-refractivity contribution in [3.05, 3.63) is 29.8 Å². The highest BCUT2D eigenvalue weighted by molar-refractivity contribution is 5.82. The highest BCUT2D eigenvalue weighted by Crippen LogP contribution is 2.32. The van der Waals surface area contributed by atoms with Crippen LogP contribution in [-0.2, 0) is 9.59 Å². The summed E-state index contributed by atoms with van der Waals surface area (Å²) in [6.07, 6.45) is 6.06. The molecule has 3 aliphatic rings. The van der Waals surface area contributed by atoms with Gasteiger partial charge in [-0.1, -0.05) is 12.1 Å². The fraction of sp³-hybridized carbons (Fsp3) is 0.652. The fourth-order valence-electron chi connectivity index (χ4n) is 4.65. The highest BCUT2D eigenvalue weighted by atomic mass is 16.5. The number of ether oxygens (including phenoxy) is 1. The normalized spacial score (nSPS) is 21.8. The van der Waals surface area contributed by atoms with E-state index in [1.54, 1.807) is 7.11 Å². The zero-order valence-electron chi connectivity index (χ0n) is 17.4. The van der Waals surface area contributed by atoms with Crippen molar-refractivity contribution in [2.24, 2.45) is 11.8 Å². The number of benzene rings is 1. The Morgan fingerprint density at radius 3 is 2.45 bits per heavy atom. The maximum absolute atomic E-state index is 12.8. The lowest BCUT2D eigenvalue weighted by Gasteiger charge is -2.33. The van der Waals surface area contributed by atoms with E-state index in [1.165, 1.54) is 18.4 Å². The van der Waals surface area contributed by atoms with Gasteiger partial charge in [0.1, 0.15) is 5.75 Å². The number of hydrogen-bond acceptors (Lipinski definition) is 4. The second-order valence-corrected chi connectivity index (χ2v) is 8.65. The molecule has 3 fully saturated rings. The van der Waals surface area contributed by atoms with E-state index in [-0.39, 0.29) is 23.8 Å². The van der Waals surface area contributed by atoms with E-state index in [4.69, 9.17) is 4.74 Å². The van der Waals surface area contributed by atoms with Crippen molar-refractivity contribution < 1.29 is 14.3 Å². The number of nitrogens with zero attached hydrogens (tertiary/aromatic N) is 2. The molecule has 4 rings (SSSR count). The van der Waals surface area contributed by atoms with Gasteiger partial charge in [0.15, 0.2) is 0 Å². The first-order chi connectivity index (χ1) is 14.2. The summed E-state index contributed by atoms with van der Waals surface area (Å²) in [5.41, 5.74) is 1.19. The van der Waals surface area contributed by atoms with Crippen LogP contribution in [0.2, 0.25) is 0 Å². The molecule has 2 heterocycles. The smallest absolute Gasteiger partial charge is 0.225 e. The summed E-state index contributed by atoms with van der Waals surface area (Å²) in [5.74, 6) is 1.57. The average Bonchev–Trinajstić information content (AvgIpc) is 3.48. The number of piperidine rings is 1. The van der Waals surface area contributed by atoms with Gasteiger partial charge >= 0.3 is 0 Å². The number of methoxy groups -OCH3 is 1. The Hall–Kier alpha value is -2.08.